The van der Waals surface area contributed by atoms with Crippen molar-refractivity contribution in [3.8, 4) is 10.6 Å². The summed E-state index contributed by atoms with van der Waals surface area (Å²) >= 11 is 1.45. The van der Waals surface area contributed by atoms with Crippen molar-refractivity contribution in [3.05, 3.63) is 23.5 Å². The van der Waals surface area contributed by atoms with Crippen LogP contribution in [0.1, 0.15) is 19.0 Å². The molecule has 2 heterocycles. The monoisotopic (exact) mass is 251 g/mol. The van der Waals surface area contributed by atoms with Gasteiger partial charge in [0, 0.05) is 23.7 Å². The van der Waals surface area contributed by atoms with E-state index in [1.54, 1.807) is 11.6 Å². The highest BCUT2D eigenvalue weighted by atomic mass is 32.1. The molecule has 1 N–H and O–H groups in total. The largest absolute Gasteiger partial charge is 0.481 e. The second-order valence-corrected chi connectivity index (χ2v) is 4.56. The first-order chi connectivity index (χ1) is 8.19. The Labute approximate surface area is 103 Å². The van der Waals surface area contributed by atoms with Crippen LogP contribution in [0.5, 0.6) is 0 Å². The van der Waals surface area contributed by atoms with E-state index in [-0.39, 0.29) is 6.42 Å². The van der Waals surface area contributed by atoms with Gasteiger partial charge >= 0.3 is 5.97 Å². The fourth-order valence-corrected chi connectivity index (χ4v) is 2.30. The Balaban J connectivity index is 2.15. The molecule has 0 unspecified atom stereocenters. The molecule has 0 fully saturated rings. The highest BCUT2D eigenvalue weighted by molar-refractivity contribution is 7.13. The number of hydrogen-bond acceptors (Lipinski definition) is 4. The van der Waals surface area contributed by atoms with Crippen LogP contribution in [0.3, 0.4) is 0 Å². The number of thiazole rings is 1. The molecule has 5 nitrogen and oxygen atoms in total. The molecule has 0 bridgehead atoms. The standard InChI is InChI=1S/C11H13N3O2S/c1-2-3-14-6-8(5-12-14)11-13-9(7-17-11)4-10(15)16/h5-7H,2-4H2,1H3,(H,15,16). The lowest BCUT2D eigenvalue weighted by molar-refractivity contribution is -0.136. The van der Waals surface area contributed by atoms with Crippen molar-refractivity contribution in [2.45, 2.75) is 26.3 Å². The van der Waals surface area contributed by atoms with E-state index >= 15 is 0 Å². The molecule has 0 aliphatic carbocycles. The van der Waals surface area contributed by atoms with E-state index in [1.807, 2.05) is 10.9 Å². The molecule has 2 rings (SSSR count). The van der Waals surface area contributed by atoms with Crippen LogP contribution >= 0.6 is 11.3 Å². The van der Waals surface area contributed by atoms with Crippen molar-refractivity contribution in [2.24, 2.45) is 0 Å². The Morgan fingerprint density at radius 2 is 2.41 bits per heavy atom. The molecule has 2 aromatic rings. The molecule has 0 spiro atoms. The summed E-state index contributed by atoms with van der Waals surface area (Å²) in [5, 5.41) is 15.5. The van der Waals surface area contributed by atoms with Crippen molar-refractivity contribution >= 4 is 17.3 Å². The Bertz CT molecular complexity index is 518. The number of hydrogen-bond donors (Lipinski definition) is 1. The summed E-state index contributed by atoms with van der Waals surface area (Å²) in [5.41, 5.74) is 1.54. The fourth-order valence-electron chi connectivity index (χ4n) is 1.50. The van der Waals surface area contributed by atoms with Crippen LogP contribution in [0, 0.1) is 0 Å². The normalized spacial score (nSPS) is 10.6. The highest BCUT2D eigenvalue weighted by Gasteiger charge is 2.09. The lowest BCUT2D eigenvalue weighted by Gasteiger charge is -1.94. The van der Waals surface area contributed by atoms with Crippen LogP contribution in [0.25, 0.3) is 10.6 Å². The lowest BCUT2D eigenvalue weighted by Crippen LogP contribution is -1.99. The zero-order valence-electron chi connectivity index (χ0n) is 9.46. The average Bonchev–Trinajstić information content (AvgIpc) is 2.86. The van der Waals surface area contributed by atoms with Gasteiger partial charge in [0.05, 0.1) is 18.3 Å². The first kappa shape index (κ1) is 11.8. The van der Waals surface area contributed by atoms with Gasteiger partial charge in [-0.3, -0.25) is 9.48 Å². The van der Waals surface area contributed by atoms with Crippen LogP contribution in [0.15, 0.2) is 17.8 Å². The third-order valence-corrected chi connectivity index (χ3v) is 3.16. The van der Waals surface area contributed by atoms with Crippen molar-refractivity contribution < 1.29 is 9.90 Å². The quantitative estimate of drug-likeness (QED) is 0.883. The molecule has 0 radical (unpaired) electrons. The van der Waals surface area contributed by atoms with Crippen LogP contribution < -0.4 is 0 Å². The van der Waals surface area contributed by atoms with Crippen molar-refractivity contribution in [3.63, 3.8) is 0 Å². The van der Waals surface area contributed by atoms with Crippen molar-refractivity contribution in [2.75, 3.05) is 0 Å². The van der Waals surface area contributed by atoms with Gasteiger partial charge in [0.15, 0.2) is 0 Å². The van der Waals surface area contributed by atoms with E-state index in [1.165, 1.54) is 11.3 Å². The number of carbonyl (C=O) groups is 1. The van der Waals surface area contributed by atoms with Gasteiger partial charge in [0.1, 0.15) is 5.01 Å². The minimum atomic E-state index is -0.858. The summed E-state index contributed by atoms with van der Waals surface area (Å²) in [6.45, 7) is 2.98. The lowest BCUT2D eigenvalue weighted by atomic mass is 10.3. The molecule has 6 heteroatoms. The maximum absolute atomic E-state index is 10.6. The molecule has 0 amide bonds. The number of carboxylic acids is 1. The van der Waals surface area contributed by atoms with E-state index < -0.39 is 5.97 Å². The third kappa shape index (κ3) is 2.91. The van der Waals surface area contributed by atoms with E-state index in [4.69, 9.17) is 5.11 Å². The van der Waals surface area contributed by atoms with Gasteiger partial charge in [0.2, 0.25) is 0 Å². The molecule has 0 saturated carbocycles. The minimum Gasteiger partial charge on any atom is -0.481 e. The van der Waals surface area contributed by atoms with Crippen LogP contribution in [-0.4, -0.2) is 25.8 Å². The van der Waals surface area contributed by atoms with Crippen LogP contribution in [0.4, 0.5) is 0 Å². The summed E-state index contributed by atoms with van der Waals surface area (Å²) in [4.78, 5) is 14.8. The number of aryl methyl sites for hydroxylation is 1. The number of carboxylic acid groups (broad SMARTS) is 1. The summed E-state index contributed by atoms with van der Waals surface area (Å²) < 4.78 is 1.87. The van der Waals surface area contributed by atoms with E-state index in [0.29, 0.717) is 5.69 Å². The molecule has 17 heavy (non-hydrogen) atoms. The van der Waals surface area contributed by atoms with E-state index in [9.17, 15) is 4.79 Å². The molecular weight excluding hydrogens is 238 g/mol. The summed E-state index contributed by atoms with van der Waals surface area (Å²) in [5.74, 6) is -0.858. The van der Waals surface area contributed by atoms with Gasteiger partial charge in [0.25, 0.3) is 0 Å². The maximum Gasteiger partial charge on any atom is 0.309 e. The molecule has 2 aromatic heterocycles. The first-order valence-corrected chi connectivity index (χ1v) is 6.26. The fraction of sp³-hybridized carbons (Fsp3) is 0.364. The van der Waals surface area contributed by atoms with Crippen molar-refractivity contribution in [1.29, 1.82) is 0 Å². The predicted octanol–water partition coefficient (Wildman–Crippen LogP) is 2.04. The second-order valence-electron chi connectivity index (χ2n) is 3.71. The van der Waals surface area contributed by atoms with Gasteiger partial charge in [-0.2, -0.15) is 5.10 Å². The second kappa shape index (κ2) is 5.09. The average molecular weight is 251 g/mol. The number of aromatic nitrogens is 3. The molecule has 90 valence electrons. The van der Waals surface area contributed by atoms with Gasteiger partial charge in [-0.1, -0.05) is 6.92 Å². The predicted molar refractivity (Wildman–Crippen MR) is 65.0 cm³/mol. The van der Waals surface area contributed by atoms with E-state index in [0.717, 1.165) is 23.5 Å². The third-order valence-electron chi connectivity index (χ3n) is 2.22. The Morgan fingerprint density at radius 1 is 1.59 bits per heavy atom. The SMILES string of the molecule is CCCn1cc(-c2nc(CC(=O)O)cs2)cn1. The first-order valence-electron chi connectivity index (χ1n) is 5.38. The molecule has 0 aliphatic heterocycles. The van der Waals surface area contributed by atoms with Crippen molar-refractivity contribution in [1.82, 2.24) is 14.8 Å². The van der Waals surface area contributed by atoms with Gasteiger partial charge < -0.3 is 5.11 Å². The number of nitrogens with zero attached hydrogens (tertiary/aromatic N) is 3. The summed E-state index contributed by atoms with van der Waals surface area (Å²) in [6, 6.07) is 0. The van der Waals surface area contributed by atoms with Gasteiger partial charge in [-0.15, -0.1) is 11.3 Å². The van der Waals surface area contributed by atoms with Crippen LogP contribution in [-0.2, 0) is 17.8 Å². The highest BCUT2D eigenvalue weighted by Crippen LogP contribution is 2.23. The Morgan fingerprint density at radius 3 is 3.12 bits per heavy atom. The minimum absolute atomic E-state index is 0.0282. The zero-order chi connectivity index (χ0) is 12.3. The topological polar surface area (TPSA) is 68.0 Å². The smallest absolute Gasteiger partial charge is 0.309 e. The molecule has 0 aliphatic rings. The molecule has 0 atom stereocenters. The molecular formula is C11H13N3O2S. The summed E-state index contributed by atoms with van der Waals surface area (Å²) in [6.07, 6.45) is 4.70. The Kier molecular flexibility index (Phi) is 3.53. The molecule has 0 aromatic carbocycles. The Hall–Kier alpha value is -1.69. The molecule has 0 saturated heterocycles. The zero-order valence-corrected chi connectivity index (χ0v) is 10.3. The number of aliphatic carboxylic acids is 1. The number of rotatable bonds is 5. The van der Waals surface area contributed by atoms with E-state index in [2.05, 4.69) is 17.0 Å². The maximum atomic E-state index is 10.6. The van der Waals surface area contributed by atoms with Gasteiger partial charge in [-0.05, 0) is 6.42 Å². The van der Waals surface area contributed by atoms with Gasteiger partial charge in [-0.25, -0.2) is 4.98 Å². The summed E-state index contributed by atoms with van der Waals surface area (Å²) in [7, 11) is 0. The van der Waals surface area contributed by atoms with Crippen LogP contribution in [0.2, 0.25) is 0 Å².